The number of nitrogens with two attached hydrogens (primary N) is 1. The quantitative estimate of drug-likeness (QED) is 0.785. The van der Waals surface area contributed by atoms with Crippen molar-refractivity contribution in [2.24, 2.45) is 0 Å². The Labute approximate surface area is 118 Å². The second kappa shape index (κ2) is 4.80. The van der Waals surface area contributed by atoms with Gasteiger partial charge in [0.15, 0.2) is 5.65 Å². The minimum Gasteiger partial charge on any atom is -0.396 e. The summed E-state index contributed by atoms with van der Waals surface area (Å²) in [5.41, 5.74) is 7.92. The first-order chi connectivity index (χ1) is 9.93. The van der Waals surface area contributed by atoms with E-state index in [4.69, 9.17) is 5.73 Å². The Morgan fingerprint density at radius 1 is 1.10 bits per heavy atom. The van der Waals surface area contributed by atoms with E-state index in [0.717, 1.165) is 23.4 Å². The molecule has 6 heteroatoms. The smallest absolute Gasteiger partial charge is 0.396 e. The Morgan fingerprint density at radius 2 is 1.81 bits per heavy atom. The van der Waals surface area contributed by atoms with Crippen molar-refractivity contribution >= 4 is 11.3 Å². The predicted molar refractivity (Wildman–Crippen MR) is 73.9 cm³/mol. The molecule has 0 bridgehead atoms. The minimum atomic E-state index is -4.31. The van der Waals surface area contributed by atoms with E-state index in [0.29, 0.717) is 17.8 Å². The number of halogens is 3. The Balaban J connectivity index is 1.87. The zero-order chi connectivity index (χ0) is 15.0. The van der Waals surface area contributed by atoms with E-state index in [1.165, 1.54) is 12.1 Å². The molecule has 3 nitrogen and oxygen atoms in total. The number of imidazole rings is 1. The topological polar surface area (TPSA) is 43.3 Å². The van der Waals surface area contributed by atoms with Crippen LogP contribution in [-0.2, 0) is 12.6 Å². The molecule has 0 atom stereocenters. The SMILES string of the molecule is Nc1cccn2cc(Cc3ccc(C(F)(F)F)cc3)nc12. The van der Waals surface area contributed by atoms with E-state index in [1.54, 1.807) is 10.5 Å². The van der Waals surface area contributed by atoms with Gasteiger partial charge in [-0.1, -0.05) is 12.1 Å². The van der Waals surface area contributed by atoms with Crippen molar-refractivity contribution in [3.63, 3.8) is 0 Å². The average Bonchev–Trinajstić information content (AvgIpc) is 2.82. The van der Waals surface area contributed by atoms with E-state index in [1.807, 2.05) is 18.5 Å². The molecule has 3 aromatic rings. The largest absolute Gasteiger partial charge is 0.416 e. The maximum atomic E-state index is 12.5. The number of pyridine rings is 1. The summed E-state index contributed by atoms with van der Waals surface area (Å²) in [6.45, 7) is 0. The summed E-state index contributed by atoms with van der Waals surface area (Å²) < 4.78 is 39.3. The summed E-state index contributed by atoms with van der Waals surface area (Å²) in [7, 11) is 0. The van der Waals surface area contributed by atoms with Gasteiger partial charge in [0.1, 0.15) is 0 Å². The van der Waals surface area contributed by atoms with Crippen LogP contribution >= 0.6 is 0 Å². The molecule has 0 aliphatic carbocycles. The third-order valence-electron chi connectivity index (χ3n) is 3.23. The van der Waals surface area contributed by atoms with Gasteiger partial charge in [0.25, 0.3) is 0 Å². The molecule has 2 N–H and O–H groups in total. The lowest BCUT2D eigenvalue weighted by atomic mass is 10.1. The van der Waals surface area contributed by atoms with Crippen LogP contribution in [0.3, 0.4) is 0 Å². The van der Waals surface area contributed by atoms with Gasteiger partial charge in [-0.25, -0.2) is 4.98 Å². The van der Waals surface area contributed by atoms with Gasteiger partial charge < -0.3 is 10.1 Å². The summed E-state index contributed by atoms with van der Waals surface area (Å²) in [5, 5.41) is 0. The van der Waals surface area contributed by atoms with Crippen LogP contribution in [0.25, 0.3) is 5.65 Å². The highest BCUT2D eigenvalue weighted by Crippen LogP contribution is 2.29. The van der Waals surface area contributed by atoms with Crippen LogP contribution in [0, 0.1) is 0 Å². The fourth-order valence-corrected chi connectivity index (χ4v) is 2.19. The zero-order valence-electron chi connectivity index (χ0n) is 10.9. The zero-order valence-corrected chi connectivity index (χ0v) is 10.9. The van der Waals surface area contributed by atoms with Crippen molar-refractivity contribution in [3.8, 4) is 0 Å². The van der Waals surface area contributed by atoms with E-state index < -0.39 is 11.7 Å². The first-order valence-electron chi connectivity index (χ1n) is 6.32. The monoisotopic (exact) mass is 291 g/mol. The Hall–Kier alpha value is -2.50. The highest BCUT2D eigenvalue weighted by molar-refractivity contribution is 5.64. The fourth-order valence-electron chi connectivity index (χ4n) is 2.19. The molecule has 21 heavy (non-hydrogen) atoms. The summed E-state index contributed by atoms with van der Waals surface area (Å²) >= 11 is 0. The van der Waals surface area contributed by atoms with E-state index in [2.05, 4.69) is 4.98 Å². The number of benzene rings is 1. The Kier molecular flexibility index (Phi) is 3.08. The third kappa shape index (κ3) is 2.69. The maximum absolute atomic E-state index is 12.5. The molecule has 0 radical (unpaired) electrons. The molecular formula is C15H12F3N3. The van der Waals surface area contributed by atoms with Crippen LogP contribution in [-0.4, -0.2) is 9.38 Å². The number of rotatable bonds is 2. The Morgan fingerprint density at radius 3 is 2.43 bits per heavy atom. The summed E-state index contributed by atoms with van der Waals surface area (Å²) in [6.07, 6.45) is -0.201. The number of hydrogen-bond acceptors (Lipinski definition) is 2. The molecular weight excluding hydrogens is 279 g/mol. The number of alkyl halides is 3. The number of hydrogen-bond donors (Lipinski definition) is 1. The molecule has 0 unspecified atom stereocenters. The molecule has 0 saturated heterocycles. The van der Waals surface area contributed by atoms with Crippen LogP contribution in [0.1, 0.15) is 16.8 Å². The maximum Gasteiger partial charge on any atom is 0.416 e. The molecule has 0 saturated carbocycles. The van der Waals surface area contributed by atoms with Crippen LogP contribution in [0.5, 0.6) is 0 Å². The van der Waals surface area contributed by atoms with Crippen molar-refractivity contribution < 1.29 is 13.2 Å². The Bertz CT molecular complexity index is 773. The van der Waals surface area contributed by atoms with Gasteiger partial charge in [-0.15, -0.1) is 0 Å². The molecule has 0 amide bonds. The summed E-state index contributed by atoms with van der Waals surface area (Å²) in [5.74, 6) is 0. The van der Waals surface area contributed by atoms with Crippen molar-refractivity contribution in [3.05, 3.63) is 65.6 Å². The normalized spacial score (nSPS) is 12.0. The van der Waals surface area contributed by atoms with Gasteiger partial charge in [-0.05, 0) is 29.8 Å². The summed E-state index contributed by atoms with van der Waals surface area (Å²) in [6, 6.07) is 8.67. The number of fused-ring (bicyclic) bond motifs is 1. The standard InChI is InChI=1S/C15H12F3N3/c16-15(17,18)11-5-3-10(4-6-11)8-12-9-21-7-1-2-13(19)14(21)20-12/h1-7,9H,8,19H2. The minimum absolute atomic E-state index is 0.458. The van der Waals surface area contributed by atoms with Crippen LogP contribution in [0.15, 0.2) is 48.8 Å². The molecule has 2 heterocycles. The van der Waals surface area contributed by atoms with Gasteiger partial charge in [0.05, 0.1) is 16.9 Å². The van der Waals surface area contributed by atoms with Crippen molar-refractivity contribution in [1.29, 1.82) is 0 Å². The number of nitrogen functional groups attached to an aromatic ring is 1. The molecule has 0 spiro atoms. The van der Waals surface area contributed by atoms with Gasteiger partial charge in [0, 0.05) is 18.8 Å². The van der Waals surface area contributed by atoms with E-state index in [9.17, 15) is 13.2 Å². The van der Waals surface area contributed by atoms with Gasteiger partial charge in [-0.2, -0.15) is 13.2 Å². The fraction of sp³-hybridized carbons (Fsp3) is 0.133. The number of aromatic nitrogens is 2. The van der Waals surface area contributed by atoms with E-state index in [-0.39, 0.29) is 0 Å². The predicted octanol–water partition coefficient (Wildman–Crippen LogP) is 3.53. The van der Waals surface area contributed by atoms with Gasteiger partial charge in [0.2, 0.25) is 0 Å². The lowest BCUT2D eigenvalue weighted by Crippen LogP contribution is -2.04. The van der Waals surface area contributed by atoms with Gasteiger partial charge >= 0.3 is 6.18 Å². The van der Waals surface area contributed by atoms with Crippen molar-refractivity contribution in [1.82, 2.24) is 9.38 Å². The molecule has 0 aliphatic heterocycles. The second-order valence-electron chi connectivity index (χ2n) is 4.80. The summed E-state index contributed by atoms with van der Waals surface area (Å²) in [4.78, 5) is 4.39. The molecule has 0 fully saturated rings. The van der Waals surface area contributed by atoms with Crippen LogP contribution in [0.2, 0.25) is 0 Å². The first-order valence-corrected chi connectivity index (χ1v) is 6.32. The molecule has 2 aromatic heterocycles. The number of anilines is 1. The van der Waals surface area contributed by atoms with Crippen molar-refractivity contribution in [2.45, 2.75) is 12.6 Å². The van der Waals surface area contributed by atoms with Crippen LogP contribution < -0.4 is 5.73 Å². The second-order valence-corrected chi connectivity index (χ2v) is 4.80. The van der Waals surface area contributed by atoms with Gasteiger partial charge in [-0.3, -0.25) is 0 Å². The lowest BCUT2D eigenvalue weighted by Gasteiger charge is -2.06. The third-order valence-corrected chi connectivity index (χ3v) is 3.23. The number of nitrogens with zero attached hydrogens (tertiary/aromatic N) is 2. The molecule has 1 aromatic carbocycles. The lowest BCUT2D eigenvalue weighted by molar-refractivity contribution is -0.137. The molecule has 0 aliphatic rings. The van der Waals surface area contributed by atoms with Crippen LogP contribution in [0.4, 0.5) is 18.9 Å². The van der Waals surface area contributed by atoms with Crippen molar-refractivity contribution in [2.75, 3.05) is 5.73 Å². The molecule has 3 rings (SSSR count). The van der Waals surface area contributed by atoms with E-state index >= 15 is 0 Å². The highest BCUT2D eigenvalue weighted by Gasteiger charge is 2.29. The highest BCUT2D eigenvalue weighted by atomic mass is 19.4. The molecule has 108 valence electrons. The first kappa shape index (κ1) is 13.5. The average molecular weight is 291 g/mol.